The first-order valence-corrected chi connectivity index (χ1v) is 7.42. The molecule has 2 rings (SSSR count). The van der Waals surface area contributed by atoms with Crippen molar-refractivity contribution in [3.63, 3.8) is 0 Å². The van der Waals surface area contributed by atoms with Crippen molar-refractivity contribution in [1.82, 2.24) is 5.32 Å². The largest absolute Gasteiger partial charge is 0.484 e. The Kier molecular flexibility index (Phi) is 5.20. The number of benzene rings is 1. The number of nitrogens with zero attached hydrogens (tertiary/aromatic N) is 1. The van der Waals surface area contributed by atoms with Gasteiger partial charge in [0, 0.05) is 30.8 Å². The lowest BCUT2D eigenvalue weighted by atomic mass is 10.2. The molecule has 0 aromatic heterocycles. The summed E-state index contributed by atoms with van der Waals surface area (Å²) in [6, 6.07) is 7.47. The molecule has 1 aliphatic rings. The highest BCUT2D eigenvalue weighted by Crippen LogP contribution is 2.25. The Morgan fingerprint density at radius 1 is 1.48 bits per heavy atom. The molecule has 1 N–H and O–H groups in total. The lowest BCUT2D eigenvalue weighted by molar-refractivity contribution is -0.123. The number of anilines is 1. The van der Waals surface area contributed by atoms with Crippen LogP contribution >= 0.6 is 0 Å². The fourth-order valence-electron chi connectivity index (χ4n) is 2.23. The molecule has 1 aromatic carbocycles. The smallest absolute Gasteiger partial charge is 0.258 e. The molecule has 1 saturated heterocycles. The SMILES string of the molecule is CCC(C)NC(=O)COc1cccc(N2CCCC2=O)c1. The molecule has 0 saturated carbocycles. The van der Waals surface area contributed by atoms with Crippen molar-refractivity contribution in [3.8, 4) is 5.75 Å². The van der Waals surface area contributed by atoms with Crippen LogP contribution in [0.2, 0.25) is 0 Å². The average molecular weight is 290 g/mol. The van der Waals surface area contributed by atoms with Crippen LogP contribution in [0.4, 0.5) is 5.69 Å². The molecule has 1 aromatic rings. The number of hydrogen-bond donors (Lipinski definition) is 1. The third-order valence-electron chi connectivity index (χ3n) is 3.59. The Morgan fingerprint density at radius 2 is 2.29 bits per heavy atom. The Balaban J connectivity index is 1.92. The third kappa shape index (κ3) is 4.21. The number of rotatable bonds is 6. The zero-order chi connectivity index (χ0) is 15.2. The average Bonchev–Trinajstić information content (AvgIpc) is 2.91. The van der Waals surface area contributed by atoms with E-state index in [1.54, 1.807) is 17.0 Å². The Hall–Kier alpha value is -2.04. The van der Waals surface area contributed by atoms with Crippen molar-refractivity contribution in [2.75, 3.05) is 18.1 Å². The van der Waals surface area contributed by atoms with Crippen LogP contribution in [-0.4, -0.2) is 31.0 Å². The van der Waals surface area contributed by atoms with Crippen LogP contribution in [0.5, 0.6) is 5.75 Å². The van der Waals surface area contributed by atoms with E-state index >= 15 is 0 Å². The molecular weight excluding hydrogens is 268 g/mol. The summed E-state index contributed by atoms with van der Waals surface area (Å²) < 4.78 is 5.50. The second-order valence-corrected chi connectivity index (χ2v) is 5.31. The number of nitrogens with one attached hydrogen (secondary N) is 1. The zero-order valence-electron chi connectivity index (χ0n) is 12.6. The summed E-state index contributed by atoms with van der Waals surface area (Å²) in [6.45, 7) is 4.71. The molecule has 0 aliphatic carbocycles. The number of carbonyl (C=O) groups is 2. The molecule has 0 radical (unpaired) electrons. The molecule has 5 heteroatoms. The van der Waals surface area contributed by atoms with Gasteiger partial charge in [-0.15, -0.1) is 0 Å². The third-order valence-corrected chi connectivity index (χ3v) is 3.59. The summed E-state index contributed by atoms with van der Waals surface area (Å²) in [5, 5.41) is 2.85. The van der Waals surface area contributed by atoms with Crippen LogP contribution in [0.1, 0.15) is 33.1 Å². The monoisotopic (exact) mass is 290 g/mol. The molecule has 1 unspecified atom stereocenters. The van der Waals surface area contributed by atoms with Crippen LogP contribution < -0.4 is 15.0 Å². The van der Waals surface area contributed by atoms with Crippen molar-refractivity contribution in [3.05, 3.63) is 24.3 Å². The van der Waals surface area contributed by atoms with Crippen molar-refractivity contribution in [1.29, 1.82) is 0 Å². The topological polar surface area (TPSA) is 58.6 Å². The summed E-state index contributed by atoms with van der Waals surface area (Å²) in [5.41, 5.74) is 0.831. The molecule has 1 fully saturated rings. The highest BCUT2D eigenvalue weighted by molar-refractivity contribution is 5.95. The van der Waals surface area contributed by atoms with Gasteiger partial charge < -0.3 is 15.0 Å². The van der Waals surface area contributed by atoms with Gasteiger partial charge in [0.15, 0.2) is 6.61 Å². The number of hydrogen-bond acceptors (Lipinski definition) is 3. The van der Waals surface area contributed by atoms with Gasteiger partial charge in [0.2, 0.25) is 5.91 Å². The normalized spacial score (nSPS) is 15.9. The Bertz CT molecular complexity index is 516. The second-order valence-electron chi connectivity index (χ2n) is 5.31. The Morgan fingerprint density at radius 3 is 2.95 bits per heavy atom. The maximum atomic E-state index is 11.7. The molecule has 5 nitrogen and oxygen atoms in total. The molecule has 1 heterocycles. The molecule has 2 amide bonds. The van der Waals surface area contributed by atoms with E-state index in [1.165, 1.54) is 0 Å². The van der Waals surface area contributed by atoms with Gasteiger partial charge in [-0.3, -0.25) is 9.59 Å². The summed E-state index contributed by atoms with van der Waals surface area (Å²) >= 11 is 0. The van der Waals surface area contributed by atoms with Crippen molar-refractivity contribution >= 4 is 17.5 Å². The number of amides is 2. The first-order chi connectivity index (χ1) is 10.1. The van der Waals surface area contributed by atoms with Crippen LogP contribution in [0.15, 0.2) is 24.3 Å². The Labute approximate surface area is 125 Å². The lowest BCUT2D eigenvalue weighted by Crippen LogP contribution is -2.35. The standard InChI is InChI=1S/C16H22N2O3/c1-3-12(2)17-15(19)11-21-14-7-4-6-13(10-14)18-9-5-8-16(18)20/h4,6-7,10,12H,3,5,8-9,11H2,1-2H3,(H,17,19). The summed E-state index contributed by atoms with van der Waals surface area (Å²) in [4.78, 5) is 25.2. The molecule has 21 heavy (non-hydrogen) atoms. The van der Waals surface area contributed by atoms with Crippen molar-refractivity contribution < 1.29 is 14.3 Å². The molecule has 1 atom stereocenters. The van der Waals surface area contributed by atoms with E-state index in [1.807, 2.05) is 26.0 Å². The first kappa shape index (κ1) is 15.4. The van der Waals surface area contributed by atoms with E-state index in [4.69, 9.17) is 4.74 Å². The maximum absolute atomic E-state index is 11.7. The summed E-state index contributed by atoms with van der Waals surface area (Å²) in [6.07, 6.45) is 2.38. The van der Waals surface area contributed by atoms with Gasteiger partial charge in [-0.2, -0.15) is 0 Å². The van der Waals surface area contributed by atoms with Crippen LogP contribution in [0.25, 0.3) is 0 Å². The predicted molar refractivity (Wildman–Crippen MR) is 81.4 cm³/mol. The highest BCUT2D eigenvalue weighted by Gasteiger charge is 2.21. The number of ether oxygens (including phenoxy) is 1. The minimum atomic E-state index is -0.132. The van der Waals surface area contributed by atoms with E-state index in [2.05, 4.69) is 5.32 Å². The van der Waals surface area contributed by atoms with Gasteiger partial charge in [-0.05, 0) is 31.9 Å². The fraction of sp³-hybridized carbons (Fsp3) is 0.500. The molecule has 1 aliphatic heterocycles. The van der Waals surface area contributed by atoms with E-state index in [0.717, 1.165) is 25.1 Å². The molecule has 114 valence electrons. The summed E-state index contributed by atoms with van der Waals surface area (Å²) in [5.74, 6) is 0.611. The van der Waals surface area contributed by atoms with Gasteiger partial charge in [-0.1, -0.05) is 13.0 Å². The summed E-state index contributed by atoms with van der Waals surface area (Å²) in [7, 11) is 0. The molecular formula is C16H22N2O3. The first-order valence-electron chi connectivity index (χ1n) is 7.42. The van der Waals surface area contributed by atoms with Gasteiger partial charge in [0.25, 0.3) is 5.91 Å². The minimum absolute atomic E-state index is 0.0122. The van der Waals surface area contributed by atoms with Crippen LogP contribution in [0.3, 0.4) is 0 Å². The van der Waals surface area contributed by atoms with Gasteiger partial charge >= 0.3 is 0 Å². The van der Waals surface area contributed by atoms with Gasteiger partial charge in [-0.25, -0.2) is 0 Å². The predicted octanol–water partition coefficient (Wildman–Crippen LogP) is 2.11. The van der Waals surface area contributed by atoms with E-state index in [9.17, 15) is 9.59 Å². The fourth-order valence-corrected chi connectivity index (χ4v) is 2.23. The second kappa shape index (κ2) is 7.11. The zero-order valence-corrected chi connectivity index (χ0v) is 12.6. The van der Waals surface area contributed by atoms with Crippen molar-refractivity contribution in [2.45, 2.75) is 39.2 Å². The van der Waals surface area contributed by atoms with E-state index in [-0.39, 0.29) is 24.5 Å². The van der Waals surface area contributed by atoms with Gasteiger partial charge in [0.05, 0.1) is 0 Å². The van der Waals surface area contributed by atoms with Crippen molar-refractivity contribution in [2.24, 2.45) is 0 Å². The molecule has 0 spiro atoms. The quantitative estimate of drug-likeness (QED) is 0.873. The van der Waals surface area contributed by atoms with Gasteiger partial charge in [0.1, 0.15) is 5.75 Å². The maximum Gasteiger partial charge on any atom is 0.258 e. The van der Waals surface area contributed by atoms with E-state index in [0.29, 0.717) is 12.2 Å². The van der Waals surface area contributed by atoms with E-state index < -0.39 is 0 Å². The number of carbonyl (C=O) groups excluding carboxylic acids is 2. The lowest BCUT2D eigenvalue weighted by Gasteiger charge is -2.17. The molecule has 0 bridgehead atoms. The van der Waals surface area contributed by atoms with Crippen LogP contribution in [0, 0.1) is 0 Å². The van der Waals surface area contributed by atoms with Crippen LogP contribution in [-0.2, 0) is 9.59 Å². The minimum Gasteiger partial charge on any atom is -0.484 e. The highest BCUT2D eigenvalue weighted by atomic mass is 16.5.